The Balaban J connectivity index is 1.44. The molecule has 48 heavy (non-hydrogen) atoms. The molecule has 252 valence electrons. The van der Waals surface area contributed by atoms with Gasteiger partial charge in [-0.1, -0.05) is 36.4 Å². The number of carbonyl (C=O) groups is 3. The highest BCUT2D eigenvalue weighted by molar-refractivity contribution is 5.88. The van der Waals surface area contributed by atoms with Crippen LogP contribution in [0.5, 0.6) is 17.2 Å². The highest BCUT2D eigenvalue weighted by Gasteiger charge is 2.48. The number of carbonyl (C=O) groups excluding carboxylic acids is 3. The molecule has 1 aliphatic heterocycles. The van der Waals surface area contributed by atoms with Crippen molar-refractivity contribution in [3.05, 3.63) is 108 Å². The molecular formula is C36H36O12. The van der Waals surface area contributed by atoms with Crippen molar-refractivity contribution >= 4 is 36.1 Å². The van der Waals surface area contributed by atoms with E-state index >= 15 is 0 Å². The first-order chi connectivity index (χ1) is 23.2. The third-order valence-electron chi connectivity index (χ3n) is 7.10. The van der Waals surface area contributed by atoms with Crippen molar-refractivity contribution in [2.75, 3.05) is 27.9 Å². The van der Waals surface area contributed by atoms with Gasteiger partial charge >= 0.3 is 17.9 Å². The van der Waals surface area contributed by atoms with E-state index in [2.05, 4.69) is 0 Å². The van der Waals surface area contributed by atoms with Gasteiger partial charge in [0, 0.05) is 18.2 Å². The lowest BCUT2D eigenvalue weighted by Gasteiger charge is -2.40. The van der Waals surface area contributed by atoms with Crippen LogP contribution in [-0.2, 0) is 33.3 Å². The van der Waals surface area contributed by atoms with E-state index in [1.807, 2.05) is 0 Å². The van der Waals surface area contributed by atoms with Gasteiger partial charge in [-0.2, -0.15) is 0 Å². The predicted molar refractivity (Wildman–Crippen MR) is 174 cm³/mol. The minimum absolute atomic E-state index is 0.523. The molecule has 12 nitrogen and oxygen atoms in total. The minimum atomic E-state index is -1.79. The molecule has 1 fully saturated rings. The maximum absolute atomic E-state index is 12.7. The largest absolute Gasteiger partial charge is 0.497 e. The highest BCUT2D eigenvalue weighted by atomic mass is 16.7. The second-order valence-electron chi connectivity index (χ2n) is 10.3. The second-order valence-corrected chi connectivity index (χ2v) is 10.3. The summed E-state index contributed by atoms with van der Waals surface area (Å²) >= 11 is 0. The van der Waals surface area contributed by atoms with Gasteiger partial charge < -0.3 is 43.4 Å². The number of hydrogen-bond donors (Lipinski definition) is 2. The Bertz CT molecular complexity index is 1590. The van der Waals surface area contributed by atoms with E-state index in [4.69, 9.17) is 33.2 Å². The van der Waals surface area contributed by atoms with Crippen LogP contribution in [0.3, 0.4) is 0 Å². The Morgan fingerprint density at radius 3 is 1.42 bits per heavy atom. The van der Waals surface area contributed by atoms with E-state index in [1.54, 1.807) is 79.9 Å². The molecule has 0 amide bonds. The molecule has 1 heterocycles. The van der Waals surface area contributed by atoms with Crippen molar-refractivity contribution in [2.24, 2.45) is 0 Å². The van der Waals surface area contributed by atoms with Crippen LogP contribution in [0.25, 0.3) is 18.2 Å². The van der Waals surface area contributed by atoms with Crippen LogP contribution in [0.15, 0.2) is 91.0 Å². The van der Waals surface area contributed by atoms with Gasteiger partial charge in [-0.15, -0.1) is 0 Å². The van der Waals surface area contributed by atoms with Gasteiger partial charge in [0.2, 0.25) is 6.29 Å². The lowest BCUT2D eigenvalue weighted by molar-refractivity contribution is -0.293. The molecule has 3 aromatic rings. The van der Waals surface area contributed by atoms with Gasteiger partial charge in [-0.25, -0.2) is 14.4 Å². The molecule has 1 aliphatic rings. The summed E-state index contributed by atoms with van der Waals surface area (Å²) in [5, 5.41) is 22.0. The fourth-order valence-corrected chi connectivity index (χ4v) is 4.45. The molecule has 0 radical (unpaired) electrons. The second kappa shape index (κ2) is 17.5. The first-order valence-electron chi connectivity index (χ1n) is 14.7. The van der Waals surface area contributed by atoms with Crippen molar-refractivity contribution in [1.82, 2.24) is 0 Å². The Labute approximate surface area is 277 Å². The fourth-order valence-electron chi connectivity index (χ4n) is 4.45. The summed E-state index contributed by atoms with van der Waals surface area (Å²) in [6.07, 6.45) is -0.264. The first kappa shape index (κ1) is 35.4. The van der Waals surface area contributed by atoms with E-state index in [9.17, 15) is 24.6 Å². The van der Waals surface area contributed by atoms with Gasteiger partial charge in [0.25, 0.3) is 0 Å². The van der Waals surface area contributed by atoms with Crippen molar-refractivity contribution in [2.45, 2.75) is 30.7 Å². The number of aliphatic hydroxyl groups is 2. The summed E-state index contributed by atoms with van der Waals surface area (Å²) in [7, 11) is 4.60. The predicted octanol–water partition coefficient (Wildman–Crippen LogP) is 3.60. The van der Waals surface area contributed by atoms with E-state index in [-0.39, 0.29) is 0 Å². The molecule has 1 saturated heterocycles. The number of methoxy groups -OCH3 is 3. The van der Waals surface area contributed by atoms with E-state index in [0.717, 1.165) is 12.2 Å². The first-order valence-corrected chi connectivity index (χ1v) is 14.7. The van der Waals surface area contributed by atoms with Gasteiger partial charge in [-0.05, 0) is 71.3 Å². The summed E-state index contributed by atoms with van der Waals surface area (Å²) in [4.78, 5) is 37.9. The summed E-state index contributed by atoms with van der Waals surface area (Å²) in [6, 6.07) is 20.6. The highest BCUT2D eigenvalue weighted by Crippen LogP contribution is 2.26. The lowest BCUT2D eigenvalue weighted by Crippen LogP contribution is -2.61. The van der Waals surface area contributed by atoms with Crippen LogP contribution < -0.4 is 14.2 Å². The molecular weight excluding hydrogens is 624 g/mol. The molecule has 0 spiro atoms. The zero-order chi connectivity index (χ0) is 34.5. The molecule has 12 heteroatoms. The number of benzene rings is 3. The lowest BCUT2D eigenvalue weighted by atomic mass is 9.99. The van der Waals surface area contributed by atoms with Crippen LogP contribution >= 0.6 is 0 Å². The molecule has 5 atom stereocenters. The molecule has 4 rings (SSSR count). The Morgan fingerprint density at radius 2 is 1.00 bits per heavy atom. The smallest absolute Gasteiger partial charge is 0.333 e. The topological polar surface area (TPSA) is 156 Å². The summed E-state index contributed by atoms with van der Waals surface area (Å²) in [5.41, 5.74) is 2.02. The van der Waals surface area contributed by atoms with E-state index < -0.39 is 55.2 Å². The fraction of sp³-hybridized carbons (Fsp3) is 0.250. The number of aliphatic hydroxyl groups excluding tert-OH is 2. The number of rotatable bonds is 13. The minimum Gasteiger partial charge on any atom is -0.497 e. The molecule has 3 aromatic carbocycles. The third-order valence-corrected chi connectivity index (χ3v) is 7.10. The van der Waals surface area contributed by atoms with Crippen molar-refractivity contribution in [3.63, 3.8) is 0 Å². The molecule has 5 unspecified atom stereocenters. The van der Waals surface area contributed by atoms with E-state index in [1.165, 1.54) is 38.5 Å². The van der Waals surface area contributed by atoms with Gasteiger partial charge in [0.05, 0.1) is 21.3 Å². The number of hydrogen-bond acceptors (Lipinski definition) is 12. The van der Waals surface area contributed by atoms with Crippen LogP contribution in [0.4, 0.5) is 0 Å². The summed E-state index contributed by atoms with van der Waals surface area (Å²) in [5.74, 6) is -0.648. The van der Waals surface area contributed by atoms with Crippen molar-refractivity contribution < 1.29 is 57.8 Å². The average molecular weight is 661 g/mol. The van der Waals surface area contributed by atoms with Gasteiger partial charge in [-0.3, -0.25) is 0 Å². The summed E-state index contributed by atoms with van der Waals surface area (Å²) in [6.45, 7) is -0.523. The quantitative estimate of drug-likeness (QED) is 0.156. The van der Waals surface area contributed by atoms with Crippen LogP contribution in [0.1, 0.15) is 16.7 Å². The van der Waals surface area contributed by atoms with Gasteiger partial charge in [0.1, 0.15) is 36.1 Å². The monoisotopic (exact) mass is 660 g/mol. The normalized spacial score (nSPS) is 20.8. The van der Waals surface area contributed by atoms with Crippen molar-refractivity contribution in [3.8, 4) is 17.2 Å². The maximum Gasteiger partial charge on any atom is 0.333 e. The van der Waals surface area contributed by atoms with Gasteiger partial charge in [0.15, 0.2) is 12.2 Å². The Kier molecular flexibility index (Phi) is 12.9. The molecule has 0 saturated carbocycles. The SMILES string of the molecule is COc1ccc(C=CC(=O)OCC2OC(OC(=O)C=Cc3ccc(OC)cc3)C(O)C(OC(=O)C=Cc3ccc(OC)cc3)C2O)cc1. The van der Waals surface area contributed by atoms with Crippen molar-refractivity contribution in [1.29, 1.82) is 0 Å². The number of ether oxygens (including phenoxy) is 7. The Morgan fingerprint density at radius 1 is 0.604 bits per heavy atom. The average Bonchev–Trinajstić information content (AvgIpc) is 3.12. The third kappa shape index (κ3) is 10.3. The standard InChI is InChI=1S/C36H36O12/c1-42-26-13-4-23(5-14-26)10-19-30(37)45-22-29-33(40)35(47-31(38)20-11-24-6-15-27(43-2)16-7-24)34(41)36(46-29)48-32(39)21-12-25-8-17-28(44-3)18-9-25/h4-21,29,33-36,40-41H,22H2,1-3H3. The van der Waals surface area contributed by atoms with E-state index in [0.29, 0.717) is 33.9 Å². The maximum atomic E-state index is 12.7. The van der Waals surface area contributed by atoms with Crippen LogP contribution in [-0.4, -0.2) is 86.8 Å². The van der Waals surface area contributed by atoms with Crippen LogP contribution in [0, 0.1) is 0 Å². The Hall–Kier alpha value is -5.43. The molecule has 0 aliphatic carbocycles. The molecule has 0 aromatic heterocycles. The summed E-state index contributed by atoms with van der Waals surface area (Å²) < 4.78 is 37.0. The molecule has 2 N–H and O–H groups in total. The zero-order valence-electron chi connectivity index (χ0n) is 26.5. The zero-order valence-corrected chi connectivity index (χ0v) is 26.5. The number of esters is 3. The molecule has 0 bridgehead atoms. The van der Waals surface area contributed by atoms with Crippen LogP contribution in [0.2, 0.25) is 0 Å².